The largest absolute Gasteiger partial charge is 0.481 e. The topological polar surface area (TPSA) is 74.6 Å². The third kappa shape index (κ3) is 6.00. The number of unbranched alkanes of at least 4 members (excludes halogenated alkanes) is 1. The summed E-state index contributed by atoms with van der Waals surface area (Å²) in [6, 6.07) is 0. The predicted molar refractivity (Wildman–Crippen MR) is 64.9 cm³/mol. The van der Waals surface area contributed by atoms with E-state index in [1.165, 1.54) is 0 Å². The standard InChI is InChI=1S/C11H20O4S/c1-2-3-4-8(7-16)9(11(14)15)5-6-10(12)13/h8-9,16H,2-7H2,1H3,(H,12,13)(H,14,15). The Labute approximate surface area is 101 Å². The molecule has 0 rings (SSSR count). The van der Waals surface area contributed by atoms with Crippen molar-refractivity contribution in [3.8, 4) is 0 Å². The van der Waals surface area contributed by atoms with Crippen LogP contribution in [-0.4, -0.2) is 27.9 Å². The maximum Gasteiger partial charge on any atom is 0.306 e. The summed E-state index contributed by atoms with van der Waals surface area (Å²) in [5.41, 5.74) is 0. The van der Waals surface area contributed by atoms with E-state index in [-0.39, 0.29) is 18.8 Å². The lowest BCUT2D eigenvalue weighted by Crippen LogP contribution is -2.25. The Balaban J connectivity index is 4.34. The van der Waals surface area contributed by atoms with Crippen molar-refractivity contribution in [1.82, 2.24) is 0 Å². The second-order valence-electron chi connectivity index (χ2n) is 3.96. The number of rotatable bonds is 9. The summed E-state index contributed by atoms with van der Waals surface area (Å²) in [4.78, 5) is 21.5. The van der Waals surface area contributed by atoms with Crippen LogP contribution in [-0.2, 0) is 9.59 Å². The van der Waals surface area contributed by atoms with Gasteiger partial charge in [0.15, 0.2) is 0 Å². The van der Waals surface area contributed by atoms with Gasteiger partial charge < -0.3 is 10.2 Å². The average Bonchev–Trinajstić information content (AvgIpc) is 2.21. The van der Waals surface area contributed by atoms with Crippen LogP contribution in [0.5, 0.6) is 0 Å². The molecule has 0 saturated heterocycles. The van der Waals surface area contributed by atoms with E-state index in [1.807, 2.05) is 6.92 Å². The molecule has 0 radical (unpaired) electrons. The van der Waals surface area contributed by atoms with E-state index in [1.54, 1.807) is 0 Å². The highest BCUT2D eigenvalue weighted by Gasteiger charge is 2.27. The van der Waals surface area contributed by atoms with Crippen LogP contribution in [0.15, 0.2) is 0 Å². The minimum absolute atomic E-state index is 0.0277. The summed E-state index contributed by atoms with van der Waals surface area (Å²) in [6.07, 6.45) is 2.88. The smallest absolute Gasteiger partial charge is 0.306 e. The molecule has 0 aromatic rings. The molecule has 2 atom stereocenters. The zero-order valence-corrected chi connectivity index (χ0v) is 10.4. The van der Waals surface area contributed by atoms with Gasteiger partial charge in [0.2, 0.25) is 0 Å². The van der Waals surface area contributed by atoms with Crippen LogP contribution in [0.4, 0.5) is 0 Å². The number of aliphatic carboxylic acids is 2. The normalized spacial score (nSPS) is 14.4. The molecular weight excluding hydrogens is 228 g/mol. The first-order chi connectivity index (χ1) is 7.52. The van der Waals surface area contributed by atoms with E-state index in [9.17, 15) is 9.59 Å². The molecule has 0 spiro atoms. The summed E-state index contributed by atoms with van der Waals surface area (Å²) >= 11 is 4.16. The summed E-state index contributed by atoms with van der Waals surface area (Å²) in [6.45, 7) is 2.04. The summed E-state index contributed by atoms with van der Waals surface area (Å²) in [5.74, 6) is -1.97. The lowest BCUT2D eigenvalue weighted by atomic mass is 9.86. The fourth-order valence-corrected chi connectivity index (χ4v) is 2.16. The first-order valence-electron chi connectivity index (χ1n) is 5.58. The van der Waals surface area contributed by atoms with Crippen molar-refractivity contribution in [3.05, 3.63) is 0 Å². The molecule has 0 aliphatic heterocycles. The molecule has 2 N–H and O–H groups in total. The Morgan fingerprint density at radius 1 is 1.25 bits per heavy atom. The molecule has 16 heavy (non-hydrogen) atoms. The fourth-order valence-electron chi connectivity index (χ4n) is 1.73. The first kappa shape index (κ1) is 15.3. The molecule has 0 saturated carbocycles. The van der Waals surface area contributed by atoms with Gasteiger partial charge in [0.1, 0.15) is 0 Å². The lowest BCUT2D eigenvalue weighted by Gasteiger charge is -2.21. The Morgan fingerprint density at radius 3 is 2.25 bits per heavy atom. The molecule has 5 heteroatoms. The molecule has 0 heterocycles. The van der Waals surface area contributed by atoms with Crippen LogP contribution in [0.3, 0.4) is 0 Å². The van der Waals surface area contributed by atoms with Gasteiger partial charge in [-0.2, -0.15) is 12.6 Å². The van der Waals surface area contributed by atoms with Crippen LogP contribution in [0.2, 0.25) is 0 Å². The number of carbonyl (C=O) groups is 2. The van der Waals surface area contributed by atoms with E-state index >= 15 is 0 Å². The molecule has 0 aliphatic rings. The van der Waals surface area contributed by atoms with Crippen molar-refractivity contribution in [2.75, 3.05) is 5.75 Å². The van der Waals surface area contributed by atoms with E-state index in [0.717, 1.165) is 19.3 Å². The quantitative estimate of drug-likeness (QED) is 0.547. The third-order valence-corrected chi connectivity index (χ3v) is 3.19. The van der Waals surface area contributed by atoms with E-state index in [2.05, 4.69) is 12.6 Å². The first-order valence-corrected chi connectivity index (χ1v) is 6.21. The molecule has 0 amide bonds. The van der Waals surface area contributed by atoms with Crippen LogP contribution in [0, 0.1) is 11.8 Å². The molecule has 0 aromatic heterocycles. The van der Waals surface area contributed by atoms with Gasteiger partial charge >= 0.3 is 11.9 Å². The van der Waals surface area contributed by atoms with Gasteiger partial charge in [0.25, 0.3) is 0 Å². The summed E-state index contributed by atoms with van der Waals surface area (Å²) in [5, 5.41) is 17.6. The second-order valence-corrected chi connectivity index (χ2v) is 4.33. The molecule has 2 unspecified atom stereocenters. The highest BCUT2D eigenvalue weighted by molar-refractivity contribution is 7.80. The van der Waals surface area contributed by atoms with Gasteiger partial charge in [-0.1, -0.05) is 19.8 Å². The number of carboxylic acids is 2. The Morgan fingerprint density at radius 2 is 1.88 bits per heavy atom. The van der Waals surface area contributed by atoms with Crippen molar-refractivity contribution in [2.24, 2.45) is 11.8 Å². The Kier molecular flexibility index (Phi) is 8.07. The van der Waals surface area contributed by atoms with Crippen LogP contribution >= 0.6 is 12.6 Å². The third-order valence-electron chi connectivity index (χ3n) is 2.72. The molecule has 0 bridgehead atoms. The molecule has 94 valence electrons. The molecule has 4 nitrogen and oxygen atoms in total. The van der Waals surface area contributed by atoms with Crippen molar-refractivity contribution < 1.29 is 19.8 Å². The van der Waals surface area contributed by atoms with Crippen molar-refractivity contribution >= 4 is 24.6 Å². The zero-order chi connectivity index (χ0) is 12.6. The SMILES string of the molecule is CCCCC(CS)C(CCC(=O)O)C(=O)O. The molecular formula is C11H20O4S. The van der Waals surface area contributed by atoms with Crippen molar-refractivity contribution in [3.63, 3.8) is 0 Å². The van der Waals surface area contributed by atoms with Crippen molar-refractivity contribution in [2.45, 2.75) is 39.0 Å². The minimum atomic E-state index is -0.945. The second kappa shape index (κ2) is 8.44. The van der Waals surface area contributed by atoms with E-state index in [0.29, 0.717) is 5.75 Å². The molecule has 0 aliphatic carbocycles. The van der Waals surface area contributed by atoms with Gasteiger partial charge in [-0.05, 0) is 24.5 Å². The monoisotopic (exact) mass is 248 g/mol. The van der Waals surface area contributed by atoms with Gasteiger partial charge in [-0.15, -0.1) is 0 Å². The average molecular weight is 248 g/mol. The van der Waals surface area contributed by atoms with Crippen LogP contribution in [0.25, 0.3) is 0 Å². The minimum Gasteiger partial charge on any atom is -0.481 e. The number of hydrogen-bond donors (Lipinski definition) is 3. The zero-order valence-electron chi connectivity index (χ0n) is 9.56. The number of carboxylic acid groups (broad SMARTS) is 2. The van der Waals surface area contributed by atoms with Crippen LogP contribution < -0.4 is 0 Å². The van der Waals surface area contributed by atoms with Gasteiger partial charge in [0.05, 0.1) is 5.92 Å². The Hall–Kier alpha value is -0.710. The van der Waals surface area contributed by atoms with Gasteiger partial charge in [0, 0.05) is 6.42 Å². The highest BCUT2D eigenvalue weighted by Crippen LogP contribution is 2.24. The number of hydrogen-bond acceptors (Lipinski definition) is 3. The number of thiol groups is 1. The summed E-state index contributed by atoms with van der Waals surface area (Å²) < 4.78 is 0. The van der Waals surface area contributed by atoms with Crippen LogP contribution in [0.1, 0.15) is 39.0 Å². The van der Waals surface area contributed by atoms with E-state index in [4.69, 9.17) is 10.2 Å². The molecule has 0 fully saturated rings. The lowest BCUT2D eigenvalue weighted by molar-refractivity contribution is -0.144. The molecule has 0 aromatic carbocycles. The van der Waals surface area contributed by atoms with Gasteiger partial charge in [-0.25, -0.2) is 0 Å². The predicted octanol–water partition coefficient (Wildman–Crippen LogP) is 2.29. The Bertz CT molecular complexity index is 230. The van der Waals surface area contributed by atoms with Gasteiger partial charge in [-0.3, -0.25) is 9.59 Å². The maximum absolute atomic E-state index is 11.0. The fraction of sp³-hybridized carbons (Fsp3) is 0.818. The van der Waals surface area contributed by atoms with Crippen molar-refractivity contribution in [1.29, 1.82) is 0 Å². The summed E-state index contributed by atoms with van der Waals surface area (Å²) in [7, 11) is 0. The highest BCUT2D eigenvalue weighted by atomic mass is 32.1. The maximum atomic E-state index is 11.0. The van der Waals surface area contributed by atoms with E-state index < -0.39 is 17.9 Å².